The Morgan fingerprint density at radius 1 is 0.846 bits per heavy atom. The van der Waals surface area contributed by atoms with Gasteiger partial charge in [-0.25, -0.2) is 0 Å². The second-order valence-electron chi connectivity index (χ2n) is 6.51. The molecule has 0 bridgehead atoms. The van der Waals surface area contributed by atoms with Crippen LogP contribution in [-0.2, 0) is 20.7 Å². The van der Waals surface area contributed by atoms with Crippen LogP contribution in [0.25, 0.3) is 0 Å². The highest BCUT2D eigenvalue weighted by molar-refractivity contribution is 8.00. The van der Waals surface area contributed by atoms with Gasteiger partial charge in [0.1, 0.15) is 0 Å². The summed E-state index contributed by atoms with van der Waals surface area (Å²) in [6, 6.07) is 16.7. The van der Waals surface area contributed by atoms with Gasteiger partial charge in [-0.2, -0.15) is 8.42 Å². The Kier molecular flexibility index (Phi) is 8.52. The van der Waals surface area contributed by atoms with Crippen molar-refractivity contribution in [3.05, 3.63) is 60.2 Å². The second-order valence-corrected chi connectivity index (χ2v) is 10.1. The van der Waals surface area contributed by atoms with E-state index in [1.54, 1.807) is 12.1 Å². The maximum absolute atomic E-state index is 12.7. The molecule has 26 heavy (non-hydrogen) atoms. The van der Waals surface area contributed by atoms with E-state index in [4.69, 9.17) is 0 Å². The summed E-state index contributed by atoms with van der Waals surface area (Å²) in [6.07, 6.45) is 7.12. The summed E-state index contributed by atoms with van der Waals surface area (Å²) in [7, 11) is -4.27. The summed E-state index contributed by atoms with van der Waals surface area (Å²) < 4.78 is 29.8. The van der Waals surface area contributed by atoms with Crippen molar-refractivity contribution >= 4 is 20.7 Å². The fourth-order valence-electron chi connectivity index (χ4n) is 2.67. The third-order valence-electron chi connectivity index (χ3n) is 4.21. The van der Waals surface area contributed by atoms with Crippen molar-refractivity contribution in [2.24, 2.45) is 3.77 Å². The molecule has 2 rings (SSSR count). The maximum Gasteiger partial charge on any atom is 0.288 e. The van der Waals surface area contributed by atoms with E-state index < -0.39 is 20.7 Å². The van der Waals surface area contributed by atoms with Crippen LogP contribution in [0.15, 0.2) is 68.2 Å². The van der Waals surface area contributed by atoms with Crippen molar-refractivity contribution in [1.29, 1.82) is 0 Å². The molecule has 142 valence electrons. The molecule has 0 saturated heterocycles. The van der Waals surface area contributed by atoms with Crippen LogP contribution in [0, 0.1) is 6.92 Å². The minimum atomic E-state index is -3.64. The molecule has 0 fully saturated rings. The van der Waals surface area contributed by atoms with Crippen molar-refractivity contribution in [2.75, 3.05) is 5.75 Å². The van der Waals surface area contributed by atoms with Crippen LogP contribution in [0.5, 0.6) is 0 Å². The van der Waals surface area contributed by atoms with Gasteiger partial charge in [0.2, 0.25) is 0 Å². The molecule has 2 aromatic carbocycles. The minimum absolute atomic E-state index is 0.277. The van der Waals surface area contributed by atoms with Gasteiger partial charge in [-0.1, -0.05) is 85.6 Å². The third-order valence-corrected chi connectivity index (χ3v) is 8.08. The lowest BCUT2D eigenvalue weighted by atomic mass is 10.1. The molecule has 1 atom stereocenters. The van der Waals surface area contributed by atoms with Crippen LogP contribution in [0.3, 0.4) is 0 Å². The Balaban J connectivity index is 2.17. The number of nitrogens with zero attached hydrogens (tertiary/aromatic N) is 1. The molecule has 0 heterocycles. The molecular weight excluding hydrogens is 362 g/mol. The van der Waals surface area contributed by atoms with E-state index in [-0.39, 0.29) is 4.90 Å². The Hall–Kier alpha value is -1.46. The topological polar surface area (TPSA) is 46.5 Å². The van der Waals surface area contributed by atoms with Crippen molar-refractivity contribution in [3.63, 3.8) is 0 Å². The Labute approximate surface area is 161 Å². The molecule has 0 aromatic heterocycles. The predicted molar refractivity (Wildman–Crippen MR) is 111 cm³/mol. The van der Waals surface area contributed by atoms with E-state index >= 15 is 0 Å². The highest BCUT2D eigenvalue weighted by atomic mass is 32.3. The standard InChI is InChI=1S/C21H29NO2S2/c1-3-4-5-6-7-11-18-25(20-12-9-8-10-13-20)22-26(23,24)21-16-14-19(2)15-17-21/h8-10,12-17H,3-7,11,18H2,1-2H3. The van der Waals surface area contributed by atoms with Crippen molar-refractivity contribution in [1.82, 2.24) is 0 Å². The monoisotopic (exact) mass is 391 g/mol. The first-order valence-electron chi connectivity index (χ1n) is 9.33. The molecule has 0 amide bonds. The van der Waals surface area contributed by atoms with E-state index in [0.29, 0.717) is 0 Å². The number of unbranched alkanes of at least 4 members (excludes halogenated alkanes) is 5. The largest absolute Gasteiger partial charge is 0.288 e. The lowest BCUT2D eigenvalue weighted by molar-refractivity contribution is 0.598. The van der Waals surface area contributed by atoms with Gasteiger partial charge < -0.3 is 0 Å². The Bertz CT molecular complexity index is 798. The third kappa shape index (κ3) is 6.69. The highest BCUT2D eigenvalue weighted by Gasteiger charge is 2.14. The SMILES string of the molecule is CCCCCCCCS(=NS(=O)(=O)c1ccc(C)cc1)c1ccccc1. The molecule has 0 N–H and O–H groups in total. The van der Waals surface area contributed by atoms with Crippen LogP contribution >= 0.6 is 0 Å². The first-order valence-corrected chi connectivity index (χ1v) is 12.1. The van der Waals surface area contributed by atoms with Crippen LogP contribution in [-0.4, -0.2) is 14.2 Å². The number of rotatable bonds is 10. The summed E-state index contributed by atoms with van der Waals surface area (Å²) in [5.74, 6) is 0.793. The van der Waals surface area contributed by atoms with E-state index in [2.05, 4.69) is 10.7 Å². The number of aryl methyl sites for hydroxylation is 1. The lowest BCUT2D eigenvalue weighted by Gasteiger charge is -2.09. The van der Waals surface area contributed by atoms with Crippen LogP contribution in [0.4, 0.5) is 0 Å². The fourth-order valence-corrected chi connectivity index (χ4v) is 6.27. The molecular formula is C21H29NO2S2. The second kappa shape index (κ2) is 10.6. The molecule has 0 saturated carbocycles. The van der Waals surface area contributed by atoms with Gasteiger partial charge in [0, 0.05) is 10.6 Å². The van der Waals surface area contributed by atoms with Crippen LogP contribution < -0.4 is 0 Å². The number of sulfonamides is 1. The molecule has 0 aliphatic rings. The molecule has 2 aromatic rings. The van der Waals surface area contributed by atoms with Gasteiger partial charge in [0.25, 0.3) is 10.0 Å². The highest BCUT2D eigenvalue weighted by Crippen LogP contribution is 2.19. The quantitative estimate of drug-likeness (QED) is 0.473. The first kappa shape index (κ1) is 20.8. The molecule has 0 aliphatic carbocycles. The first-order chi connectivity index (χ1) is 12.5. The molecule has 0 spiro atoms. The summed E-state index contributed by atoms with van der Waals surface area (Å²) in [4.78, 5) is 1.27. The van der Waals surface area contributed by atoms with Gasteiger partial charge in [0.05, 0.1) is 4.90 Å². The van der Waals surface area contributed by atoms with Gasteiger partial charge in [-0.05, 0) is 37.6 Å². The zero-order valence-electron chi connectivity index (χ0n) is 15.7. The van der Waals surface area contributed by atoms with Gasteiger partial charge in [0.15, 0.2) is 0 Å². The molecule has 3 nitrogen and oxygen atoms in total. The Morgan fingerprint density at radius 2 is 1.46 bits per heavy atom. The summed E-state index contributed by atoms with van der Waals surface area (Å²) in [5.41, 5.74) is 1.04. The van der Waals surface area contributed by atoms with Gasteiger partial charge in [-0.15, -0.1) is 3.77 Å². The zero-order valence-corrected chi connectivity index (χ0v) is 17.4. The Morgan fingerprint density at radius 3 is 2.12 bits per heavy atom. The predicted octanol–water partition coefficient (Wildman–Crippen LogP) is 5.91. The number of hydrogen-bond acceptors (Lipinski definition) is 2. The lowest BCUT2D eigenvalue weighted by Crippen LogP contribution is -2.04. The average Bonchev–Trinajstić information content (AvgIpc) is 2.64. The summed E-state index contributed by atoms with van der Waals surface area (Å²) >= 11 is 0. The minimum Gasteiger partial charge on any atom is -0.199 e. The van der Waals surface area contributed by atoms with Crippen molar-refractivity contribution in [2.45, 2.75) is 62.2 Å². The van der Waals surface area contributed by atoms with Crippen LogP contribution in [0.1, 0.15) is 51.0 Å². The van der Waals surface area contributed by atoms with Gasteiger partial charge >= 0.3 is 0 Å². The summed E-state index contributed by atoms with van der Waals surface area (Å²) in [6.45, 7) is 4.15. The van der Waals surface area contributed by atoms with E-state index in [1.165, 1.54) is 25.7 Å². The normalized spacial score (nSPS) is 13.0. The average molecular weight is 392 g/mol. The number of hydrogen-bond donors (Lipinski definition) is 0. The van der Waals surface area contributed by atoms with Gasteiger partial charge in [-0.3, -0.25) is 0 Å². The fraction of sp³-hybridized carbons (Fsp3) is 0.429. The number of benzene rings is 2. The van der Waals surface area contributed by atoms with E-state index in [9.17, 15) is 8.42 Å². The zero-order chi connectivity index (χ0) is 18.8. The smallest absolute Gasteiger partial charge is 0.199 e. The molecule has 0 radical (unpaired) electrons. The van der Waals surface area contributed by atoms with Crippen molar-refractivity contribution in [3.8, 4) is 0 Å². The van der Waals surface area contributed by atoms with Crippen LogP contribution in [0.2, 0.25) is 0 Å². The molecule has 0 aliphatic heterocycles. The molecule has 5 heteroatoms. The maximum atomic E-state index is 12.7. The van der Waals surface area contributed by atoms with Crippen molar-refractivity contribution < 1.29 is 8.42 Å². The van der Waals surface area contributed by atoms with E-state index in [0.717, 1.165) is 29.1 Å². The summed E-state index contributed by atoms with van der Waals surface area (Å²) in [5, 5.41) is 0. The van der Waals surface area contributed by atoms with E-state index in [1.807, 2.05) is 49.4 Å². The molecule has 1 unspecified atom stereocenters.